The molecule has 2 rings (SSSR count). The Labute approximate surface area is 131 Å². The second kappa shape index (κ2) is 7.66. The maximum Gasteiger partial charge on any atom is 0.322 e. The van der Waals surface area contributed by atoms with E-state index in [1.165, 1.54) is 0 Å². The first-order valence-corrected chi connectivity index (χ1v) is 8.04. The number of benzene rings is 1. The van der Waals surface area contributed by atoms with Crippen molar-refractivity contribution in [2.75, 3.05) is 25.0 Å². The highest BCUT2D eigenvalue weighted by Crippen LogP contribution is 2.21. The van der Waals surface area contributed by atoms with Crippen molar-refractivity contribution < 1.29 is 4.79 Å². The predicted molar refractivity (Wildman–Crippen MR) is 88.1 cm³/mol. The van der Waals surface area contributed by atoms with Gasteiger partial charge in [0.1, 0.15) is 0 Å². The molecule has 0 aromatic heterocycles. The highest BCUT2D eigenvalue weighted by atomic mass is 35.5. The Morgan fingerprint density at radius 1 is 1.52 bits per heavy atom. The molecular formula is C16H24ClN3O. The van der Waals surface area contributed by atoms with Crippen LogP contribution in [-0.2, 0) is 0 Å². The second-order valence-corrected chi connectivity index (χ2v) is 5.99. The van der Waals surface area contributed by atoms with E-state index in [4.69, 9.17) is 11.6 Å². The van der Waals surface area contributed by atoms with E-state index in [9.17, 15) is 4.79 Å². The third-order valence-corrected chi connectivity index (χ3v) is 4.27. The van der Waals surface area contributed by atoms with Crippen molar-refractivity contribution in [1.29, 1.82) is 0 Å². The van der Waals surface area contributed by atoms with E-state index in [2.05, 4.69) is 17.6 Å². The molecule has 21 heavy (non-hydrogen) atoms. The van der Waals surface area contributed by atoms with E-state index < -0.39 is 0 Å². The summed E-state index contributed by atoms with van der Waals surface area (Å²) in [7, 11) is 0. The molecular weight excluding hydrogens is 286 g/mol. The number of rotatable bonds is 4. The van der Waals surface area contributed by atoms with Gasteiger partial charge >= 0.3 is 6.03 Å². The Morgan fingerprint density at radius 2 is 2.33 bits per heavy atom. The highest BCUT2D eigenvalue weighted by molar-refractivity contribution is 6.31. The molecule has 0 radical (unpaired) electrons. The number of hydrogen-bond donors (Lipinski definition) is 2. The van der Waals surface area contributed by atoms with Crippen molar-refractivity contribution in [3.8, 4) is 0 Å². The normalized spacial score (nSPS) is 18.3. The highest BCUT2D eigenvalue weighted by Gasteiger charge is 2.24. The molecule has 0 aliphatic carbocycles. The first-order valence-electron chi connectivity index (χ1n) is 7.66. The maximum atomic E-state index is 12.5. The SMILES string of the molecule is CCCN(C(=O)Nc1ccc(C)c(Cl)c1)C1CCCNC1. The lowest BCUT2D eigenvalue weighted by molar-refractivity contribution is 0.173. The molecule has 1 fully saturated rings. The molecule has 1 atom stereocenters. The van der Waals surface area contributed by atoms with Crippen LogP contribution in [0.4, 0.5) is 10.5 Å². The number of carbonyl (C=O) groups is 1. The van der Waals surface area contributed by atoms with Crippen molar-refractivity contribution in [2.24, 2.45) is 0 Å². The summed E-state index contributed by atoms with van der Waals surface area (Å²) in [5.41, 5.74) is 1.76. The Hall–Kier alpha value is -1.26. The molecule has 1 aromatic rings. The van der Waals surface area contributed by atoms with Gasteiger partial charge in [0.15, 0.2) is 0 Å². The molecule has 1 unspecified atom stereocenters. The van der Waals surface area contributed by atoms with Crippen LogP contribution in [0.2, 0.25) is 5.02 Å². The van der Waals surface area contributed by atoms with Gasteiger partial charge in [0.05, 0.1) is 0 Å². The molecule has 2 N–H and O–H groups in total. The quantitative estimate of drug-likeness (QED) is 0.892. The summed E-state index contributed by atoms with van der Waals surface area (Å²) in [5.74, 6) is 0. The smallest absolute Gasteiger partial charge is 0.320 e. The van der Waals surface area contributed by atoms with Gasteiger partial charge in [0.2, 0.25) is 0 Å². The van der Waals surface area contributed by atoms with Gasteiger partial charge in [-0.1, -0.05) is 24.6 Å². The summed E-state index contributed by atoms with van der Waals surface area (Å²) in [4.78, 5) is 14.5. The van der Waals surface area contributed by atoms with Crippen molar-refractivity contribution >= 4 is 23.3 Å². The minimum Gasteiger partial charge on any atom is -0.320 e. The fraction of sp³-hybridized carbons (Fsp3) is 0.562. The fourth-order valence-corrected chi connectivity index (χ4v) is 2.84. The van der Waals surface area contributed by atoms with Gasteiger partial charge in [0, 0.05) is 29.8 Å². The van der Waals surface area contributed by atoms with Crippen molar-refractivity contribution in [3.05, 3.63) is 28.8 Å². The minimum atomic E-state index is -0.0366. The minimum absolute atomic E-state index is 0.0366. The monoisotopic (exact) mass is 309 g/mol. The van der Waals surface area contributed by atoms with Crippen LogP contribution in [0.15, 0.2) is 18.2 Å². The van der Waals surface area contributed by atoms with E-state index in [0.717, 1.165) is 50.1 Å². The zero-order chi connectivity index (χ0) is 15.2. The molecule has 0 bridgehead atoms. The summed E-state index contributed by atoms with van der Waals surface area (Å²) >= 11 is 6.11. The molecule has 2 amide bonds. The van der Waals surface area contributed by atoms with Crippen LogP contribution in [0.3, 0.4) is 0 Å². The first kappa shape index (κ1) is 16.1. The predicted octanol–water partition coefficient (Wildman–Crippen LogP) is 3.64. The molecule has 5 heteroatoms. The van der Waals surface area contributed by atoms with Crippen LogP contribution >= 0.6 is 11.6 Å². The summed E-state index contributed by atoms with van der Waals surface area (Å²) < 4.78 is 0. The summed E-state index contributed by atoms with van der Waals surface area (Å²) in [6, 6.07) is 5.86. The molecule has 1 aliphatic heterocycles. The average Bonchev–Trinajstić information content (AvgIpc) is 2.49. The van der Waals surface area contributed by atoms with Crippen molar-refractivity contribution in [1.82, 2.24) is 10.2 Å². The lowest BCUT2D eigenvalue weighted by Crippen LogP contribution is -2.50. The van der Waals surface area contributed by atoms with E-state index in [1.54, 1.807) is 6.07 Å². The van der Waals surface area contributed by atoms with Gasteiger partial charge in [-0.25, -0.2) is 4.79 Å². The number of hydrogen-bond acceptors (Lipinski definition) is 2. The summed E-state index contributed by atoms with van der Waals surface area (Å²) in [5, 5.41) is 7.01. The molecule has 1 aromatic carbocycles. The lowest BCUT2D eigenvalue weighted by Gasteiger charge is -2.34. The lowest BCUT2D eigenvalue weighted by atomic mass is 10.1. The number of amides is 2. The zero-order valence-electron chi connectivity index (χ0n) is 12.8. The van der Waals surface area contributed by atoms with Gasteiger partial charge < -0.3 is 15.5 Å². The average molecular weight is 310 g/mol. The van der Waals surface area contributed by atoms with E-state index in [1.807, 2.05) is 24.0 Å². The number of nitrogens with zero attached hydrogens (tertiary/aromatic N) is 1. The largest absolute Gasteiger partial charge is 0.322 e. The molecule has 0 spiro atoms. The Kier molecular flexibility index (Phi) is 5.88. The van der Waals surface area contributed by atoms with Gasteiger partial charge in [-0.15, -0.1) is 0 Å². The van der Waals surface area contributed by atoms with Crippen LogP contribution in [0.1, 0.15) is 31.7 Å². The van der Waals surface area contributed by atoms with E-state index in [-0.39, 0.29) is 12.1 Å². The number of aryl methyl sites for hydroxylation is 1. The van der Waals surface area contributed by atoms with Gasteiger partial charge in [0.25, 0.3) is 0 Å². The van der Waals surface area contributed by atoms with Gasteiger partial charge in [-0.3, -0.25) is 0 Å². The Balaban J connectivity index is 2.05. The second-order valence-electron chi connectivity index (χ2n) is 5.59. The molecule has 0 saturated carbocycles. The van der Waals surface area contributed by atoms with E-state index >= 15 is 0 Å². The molecule has 1 heterocycles. The number of urea groups is 1. The standard InChI is InChI=1S/C16H24ClN3O/c1-3-9-20(14-5-4-8-18-11-14)16(21)19-13-7-6-12(2)15(17)10-13/h6-7,10,14,18H,3-5,8-9,11H2,1-2H3,(H,19,21). The van der Waals surface area contributed by atoms with Crippen molar-refractivity contribution in [2.45, 2.75) is 39.2 Å². The third kappa shape index (κ3) is 4.35. The van der Waals surface area contributed by atoms with Gasteiger partial charge in [-0.05, 0) is 50.4 Å². The maximum absolute atomic E-state index is 12.5. The van der Waals surface area contributed by atoms with Crippen LogP contribution < -0.4 is 10.6 Å². The van der Waals surface area contributed by atoms with Crippen molar-refractivity contribution in [3.63, 3.8) is 0 Å². The van der Waals surface area contributed by atoms with E-state index in [0.29, 0.717) is 5.02 Å². The van der Waals surface area contributed by atoms with Crippen LogP contribution in [0.5, 0.6) is 0 Å². The summed E-state index contributed by atoms with van der Waals surface area (Å²) in [6.07, 6.45) is 3.14. The zero-order valence-corrected chi connectivity index (χ0v) is 13.5. The number of carbonyl (C=O) groups excluding carboxylic acids is 1. The van der Waals surface area contributed by atoms with Crippen LogP contribution in [0, 0.1) is 6.92 Å². The molecule has 116 valence electrons. The van der Waals surface area contributed by atoms with Crippen LogP contribution in [0.25, 0.3) is 0 Å². The number of piperidine rings is 1. The Bertz CT molecular complexity index is 486. The fourth-order valence-electron chi connectivity index (χ4n) is 2.66. The topological polar surface area (TPSA) is 44.4 Å². The number of halogens is 1. The van der Waals surface area contributed by atoms with Gasteiger partial charge in [-0.2, -0.15) is 0 Å². The van der Waals surface area contributed by atoms with Crippen LogP contribution in [-0.4, -0.2) is 36.6 Å². The third-order valence-electron chi connectivity index (χ3n) is 3.86. The molecule has 1 aliphatic rings. The molecule has 4 nitrogen and oxygen atoms in total. The molecule has 1 saturated heterocycles. The number of anilines is 1. The summed E-state index contributed by atoms with van der Waals surface area (Å²) in [6.45, 7) is 6.75. The number of nitrogens with one attached hydrogen (secondary N) is 2. The Morgan fingerprint density at radius 3 is 2.95 bits per heavy atom. The first-order chi connectivity index (χ1) is 10.1.